The summed E-state index contributed by atoms with van der Waals surface area (Å²) < 4.78 is 5.04. The highest BCUT2D eigenvalue weighted by Crippen LogP contribution is 2.28. The van der Waals surface area contributed by atoms with E-state index in [1.54, 1.807) is 17.7 Å². The Morgan fingerprint density at radius 1 is 1.03 bits per heavy atom. The predicted molar refractivity (Wildman–Crippen MR) is 125 cm³/mol. The molecular weight excluding hydrogens is 460 g/mol. The summed E-state index contributed by atoms with van der Waals surface area (Å²) in [5.74, 6) is -0.355. The van der Waals surface area contributed by atoms with E-state index in [9.17, 15) is 14.4 Å². The molecule has 2 heterocycles. The van der Waals surface area contributed by atoms with Gasteiger partial charge in [0, 0.05) is 36.0 Å². The van der Waals surface area contributed by atoms with Gasteiger partial charge in [-0.25, -0.2) is 4.79 Å². The molecule has 2 aromatic heterocycles. The number of nitrogens with zero attached hydrogens (tertiary/aromatic N) is 3. The lowest BCUT2D eigenvalue weighted by Gasteiger charge is -2.13. The van der Waals surface area contributed by atoms with Crippen LogP contribution in [0.15, 0.2) is 68.8 Å². The molecule has 0 radical (unpaired) electrons. The van der Waals surface area contributed by atoms with Crippen molar-refractivity contribution in [2.75, 3.05) is 5.32 Å². The van der Waals surface area contributed by atoms with Crippen LogP contribution in [0.4, 0.5) is 5.69 Å². The van der Waals surface area contributed by atoms with Crippen LogP contribution < -0.4 is 16.6 Å². The number of rotatable bonds is 4. The first-order chi connectivity index (χ1) is 14.8. The Balaban J connectivity index is 1.85. The fourth-order valence-corrected chi connectivity index (χ4v) is 3.95. The molecule has 31 heavy (non-hydrogen) atoms. The zero-order valence-corrected chi connectivity index (χ0v) is 18.9. The molecule has 0 bridgehead atoms. The average molecular weight is 481 g/mol. The van der Waals surface area contributed by atoms with E-state index in [1.165, 1.54) is 11.6 Å². The number of fused-ring (bicyclic) bond motifs is 1. The molecule has 8 heteroatoms. The van der Waals surface area contributed by atoms with Gasteiger partial charge < -0.3 is 9.88 Å². The van der Waals surface area contributed by atoms with Crippen LogP contribution in [0.25, 0.3) is 22.2 Å². The van der Waals surface area contributed by atoms with Crippen LogP contribution in [0.3, 0.4) is 0 Å². The molecule has 0 spiro atoms. The van der Waals surface area contributed by atoms with Crippen LogP contribution in [0.1, 0.15) is 5.56 Å². The number of benzene rings is 2. The Morgan fingerprint density at radius 3 is 2.42 bits per heavy atom. The molecule has 2 aromatic carbocycles. The monoisotopic (exact) mass is 480 g/mol. The van der Waals surface area contributed by atoms with E-state index >= 15 is 0 Å². The topological polar surface area (TPSA) is 78.0 Å². The standard InChI is InChI=1S/C23H21BrN4O3/c1-14-11-16(9-10-18(14)24)25-19(29)13-28-20-17(15-7-5-4-6-8-15)12-26(2)21(20)22(30)27(3)23(28)31/h4-12H,13H2,1-3H3,(H,25,29). The van der Waals surface area contributed by atoms with E-state index in [2.05, 4.69) is 21.2 Å². The van der Waals surface area contributed by atoms with Crippen LogP contribution in [-0.4, -0.2) is 19.6 Å². The van der Waals surface area contributed by atoms with Gasteiger partial charge in [0.1, 0.15) is 12.1 Å². The SMILES string of the molecule is Cc1cc(NC(=O)Cn2c(=O)n(C)c(=O)c3c2c(-c2ccccc2)cn3C)ccc1Br. The number of halogens is 1. The maximum absolute atomic E-state index is 13.0. The van der Waals surface area contributed by atoms with Crippen molar-refractivity contribution < 1.29 is 4.79 Å². The Labute approximate surface area is 186 Å². The molecule has 4 aromatic rings. The molecule has 0 atom stereocenters. The molecular formula is C23H21BrN4O3. The number of aromatic nitrogens is 3. The van der Waals surface area contributed by atoms with Gasteiger partial charge in [-0.05, 0) is 36.2 Å². The van der Waals surface area contributed by atoms with Crippen molar-refractivity contribution in [1.82, 2.24) is 13.7 Å². The average Bonchev–Trinajstić information content (AvgIpc) is 3.10. The maximum Gasteiger partial charge on any atom is 0.331 e. The second-order valence-corrected chi connectivity index (χ2v) is 8.32. The normalized spacial score (nSPS) is 11.1. The first-order valence-corrected chi connectivity index (χ1v) is 10.5. The predicted octanol–water partition coefficient (Wildman–Crippen LogP) is 3.42. The lowest BCUT2D eigenvalue weighted by Crippen LogP contribution is -2.40. The van der Waals surface area contributed by atoms with Gasteiger partial charge in [0.2, 0.25) is 5.91 Å². The largest absolute Gasteiger partial charge is 0.344 e. The molecule has 0 saturated carbocycles. The van der Waals surface area contributed by atoms with Gasteiger partial charge in [0.25, 0.3) is 5.56 Å². The Kier molecular flexibility index (Phi) is 5.41. The summed E-state index contributed by atoms with van der Waals surface area (Å²) in [6.45, 7) is 1.71. The molecule has 0 aliphatic carbocycles. The van der Waals surface area contributed by atoms with Gasteiger partial charge >= 0.3 is 5.69 Å². The summed E-state index contributed by atoms with van der Waals surface area (Å²) >= 11 is 3.44. The molecule has 0 saturated heterocycles. The van der Waals surface area contributed by atoms with Gasteiger partial charge in [-0.2, -0.15) is 0 Å². The van der Waals surface area contributed by atoms with Crippen molar-refractivity contribution in [3.05, 3.63) is 85.6 Å². The second-order valence-electron chi connectivity index (χ2n) is 7.46. The highest BCUT2D eigenvalue weighted by Gasteiger charge is 2.20. The molecule has 0 fully saturated rings. The second kappa shape index (κ2) is 8.03. The smallest absolute Gasteiger partial charge is 0.331 e. The Morgan fingerprint density at radius 2 is 1.74 bits per heavy atom. The molecule has 158 valence electrons. The van der Waals surface area contributed by atoms with Gasteiger partial charge in [-0.1, -0.05) is 46.3 Å². The quantitative estimate of drug-likeness (QED) is 0.486. The van der Waals surface area contributed by atoms with Gasteiger partial charge in [0.05, 0.1) is 5.52 Å². The summed E-state index contributed by atoms with van der Waals surface area (Å²) in [5, 5.41) is 2.84. The lowest BCUT2D eigenvalue weighted by atomic mass is 10.1. The lowest BCUT2D eigenvalue weighted by molar-refractivity contribution is -0.116. The van der Waals surface area contributed by atoms with E-state index in [4.69, 9.17) is 0 Å². The number of aryl methyl sites for hydroxylation is 2. The zero-order chi connectivity index (χ0) is 22.3. The van der Waals surface area contributed by atoms with Crippen LogP contribution >= 0.6 is 15.9 Å². The Bertz CT molecular complexity index is 1430. The Hall–Kier alpha value is -3.39. The van der Waals surface area contributed by atoms with E-state index in [1.807, 2.05) is 55.6 Å². The van der Waals surface area contributed by atoms with Gasteiger partial charge in [-0.15, -0.1) is 0 Å². The van der Waals surface area contributed by atoms with Crippen molar-refractivity contribution in [3.8, 4) is 11.1 Å². The third-order valence-electron chi connectivity index (χ3n) is 5.28. The summed E-state index contributed by atoms with van der Waals surface area (Å²) in [7, 11) is 3.18. The van der Waals surface area contributed by atoms with E-state index in [0.29, 0.717) is 16.7 Å². The summed E-state index contributed by atoms with van der Waals surface area (Å²) in [4.78, 5) is 38.7. The van der Waals surface area contributed by atoms with Crippen LogP contribution in [0.5, 0.6) is 0 Å². The molecule has 7 nitrogen and oxygen atoms in total. The van der Waals surface area contributed by atoms with Crippen LogP contribution in [0.2, 0.25) is 0 Å². The summed E-state index contributed by atoms with van der Waals surface area (Å²) in [6, 6.07) is 15.0. The highest BCUT2D eigenvalue weighted by molar-refractivity contribution is 9.10. The zero-order valence-electron chi connectivity index (χ0n) is 17.3. The fourth-order valence-electron chi connectivity index (χ4n) is 3.70. The summed E-state index contributed by atoms with van der Waals surface area (Å²) in [6.07, 6.45) is 1.81. The minimum absolute atomic E-state index is 0.220. The number of anilines is 1. The molecule has 0 unspecified atom stereocenters. The third-order valence-corrected chi connectivity index (χ3v) is 6.17. The number of amides is 1. The van der Waals surface area contributed by atoms with Crippen molar-refractivity contribution in [2.45, 2.75) is 13.5 Å². The van der Waals surface area contributed by atoms with Crippen molar-refractivity contribution in [1.29, 1.82) is 0 Å². The van der Waals surface area contributed by atoms with Gasteiger partial charge in [0.15, 0.2) is 0 Å². The molecule has 1 amide bonds. The minimum Gasteiger partial charge on any atom is -0.344 e. The van der Waals surface area contributed by atoms with E-state index in [-0.39, 0.29) is 12.5 Å². The van der Waals surface area contributed by atoms with Crippen molar-refractivity contribution >= 4 is 38.6 Å². The van der Waals surface area contributed by atoms with Crippen LogP contribution in [0, 0.1) is 6.92 Å². The number of carbonyl (C=O) groups excluding carboxylic acids is 1. The molecule has 0 aliphatic heterocycles. The third kappa shape index (κ3) is 3.74. The van der Waals surface area contributed by atoms with Gasteiger partial charge in [-0.3, -0.25) is 18.7 Å². The number of nitrogens with one attached hydrogen (secondary N) is 1. The first-order valence-electron chi connectivity index (χ1n) is 9.68. The van der Waals surface area contributed by atoms with Crippen molar-refractivity contribution in [3.63, 3.8) is 0 Å². The first kappa shape index (κ1) is 20.9. The molecule has 1 N–H and O–H groups in total. The number of hydrogen-bond donors (Lipinski definition) is 1. The number of hydrogen-bond acceptors (Lipinski definition) is 3. The maximum atomic E-state index is 13.0. The van der Waals surface area contributed by atoms with Crippen LogP contribution in [-0.2, 0) is 25.4 Å². The minimum atomic E-state index is -0.539. The molecule has 0 aliphatic rings. The van der Waals surface area contributed by atoms with E-state index < -0.39 is 11.2 Å². The van der Waals surface area contributed by atoms with E-state index in [0.717, 1.165) is 25.7 Å². The highest BCUT2D eigenvalue weighted by atomic mass is 79.9. The summed E-state index contributed by atoms with van der Waals surface area (Å²) in [5.41, 5.74) is 3.08. The number of carbonyl (C=O) groups is 1. The fraction of sp³-hybridized carbons (Fsp3) is 0.174. The van der Waals surface area contributed by atoms with Crippen molar-refractivity contribution in [2.24, 2.45) is 14.1 Å². The molecule has 4 rings (SSSR count).